The summed E-state index contributed by atoms with van der Waals surface area (Å²) in [7, 11) is 1.57. The Bertz CT molecular complexity index is 1110. The number of carbonyl (C=O) groups excluding carboxylic acids is 2. The normalized spacial score (nSPS) is 14.4. The van der Waals surface area contributed by atoms with Gasteiger partial charge in [-0.15, -0.1) is 0 Å². The van der Waals surface area contributed by atoms with Crippen molar-refractivity contribution in [1.82, 2.24) is 0 Å². The first kappa shape index (κ1) is 18.2. The van der Waals surface area contributed by atoms with Crippen LogP contribution in [0, 0.1) is 0 Å². The van der Waals surface area contributed by atoms with Gasteiger partial charge in [-0.1, -0.05) is 18.2 Å². The molecule has 1 aliphatic heterocycles. The van der Waals surface area contributed by atoms with E-state index in [0.717, 1.165) is 0 Å². The molecule has 0 unspecified atom stereocenters. The summed E-state index contributed by atoms with van der Waals surface area (Å²) in [6.45, 7) is 0. The summed E-state index contributed by atoms with van der Waals surface area (Å²) in [5.41, 5.74) is 1.23. The number of benzene rings is 2. The molecule has 1 aromatic heterocycles. The first-order chi connectivity index (χ1) is 14.1. The Morgan fingerprint density at radius 1 is 1.03 bits per heavy atom. The zero-order valence-electron chi connectivity index (χ0n) is 15.3. The summed E-state index contributed by atoms with van der Waals surface area (Å²) in [4.78, 5) is 28.7. The molecule has 0 fully saturated rings. The highest BCUT2D eigenvalue weighted by Gasteiger charge is 2.25. The van der Waals surface area contributed by atoms with Gasteiger partial charge in [-0.2, -0.15) is 0 Å². The Balaban J connectivity index is 1.61. The topological polar surface area (TPSA) is 87.3 Å². The van der Waals surface area contributed by atoms with Gasteiger partial charge in [0.05, 0.1) is 13.4 Å². The molecule has 4 rings (SSSR count). The molecule has 0 aliphatic carbocycles. The second-order valence-electron chi connectivity index (χ2n) is 5.97. The largest absolute Gasteiger partial charge is 0.497 e. The molecule has 0 saturated heterocycles. The number of hydrogen-bond acceptors (Lipinski definition) is 7. The fourth-order valence-electron chi connectivity index (χ4n) is 2.65. The van der Waals surface area contributed by atoms with E-state index in [1.165, 1.54) is 18.4 Å². The minimum atomic E-state index is -0.641. The summed E-state index contributed by atoms with van der Waals surface area (Å²) >= 11 is 0. The van der Waals surface area contributed by atoms with Crippen molar-refractivity contribution < 1.29 is 28.2 Å². The zero-order valence-corrected chi connectivity index (χ0v) is 15.3. The molecular formula is C22H15NO6. The number of cyclic esters (lactones) is 1. The molecule has 7 heteroatoms. The van der Waals surface area contributed by atoms with Crippen LogP contribution in [0.2, 0.25) is 0 Å². The van der Waals surface area contributed by atoms with Gasteiger partial charge < -0.3 is 18.6 Å². The maximum Gasteiger partial charge on any atom is 0.379 e. The molecule has 3 aromatic rings. The summed E-state index contributed by atoms with van der Waals surface area (Å²) in [5, 5.41) is 0. The maximum atomic E-state index is 12.3. The quantitative estimate of drug-likeness (QED) is 0.374. The molecule has 0 radical (unpaired) electrons. The predicted octanol–water partition coefficient (Wildman–Crippen LogP) is 3.85. The number of rotatable bonds is 5. The minimum absolute atomic E-state index is 0.0764. The van der Waals surface area contributed by atoms with E-state index >= 15 is 0 Å². The van der Waals surface area contributed by atoms with Crippen LogP contribution in [0.25, 0.3) is 6.08 Å². The van der Waals surface area contributed by atoms with Crippen molar-refractivity contribution in [2.24, 2.45) is 4.99 Å². The van der Waals surface area contributed by atoms with Crippen molar-refractivity contribution in [1.29, 1.82) is 0 Å². The summed E-state index contributed by atoms with van der Waals surface area (Å²) in [6, 6.07) is 16.9. The molecule has 0 bridgehead atoms. The maximum absolute atomic E-state index is 12.3. The second kappa shape index (κ2) is 7.85. The van der Waals surface area contributed by atoms with Crippen molar-refractivity contribution in [3.63, 3.8) is 0 Å². The molecule has 0 atom stereocenters. The first-order valence-corrected chi connectivity index (χ1v) is 8.66. The fourth-order valence-corrected chi connectivity index (χ4v) is 2.65. The Morgan fingerprint density at radius 2 is 1.83 bits per heavy atom. The lowest BCUT2D eigenvalue weighted by Crippen LogP contribution is -2.08. The van der Waals surface area contributed by atoms with Gasteiger partial charge in [0.1, 0.15) is 11.5 Å². The number of ether oxygens (including phenoxy) is 3. The third-order valence-corrected chi connectivity index (χ3v) is 4.09. The van der Waals surface area contributed by atoms with Gasteiger partial charge in [-0.05, 0) is 48.5 Å². The molecule has 0 amide bonds. The predicted molar refractivity (Wildman–Crippen MR) is 104 cm³/mol. The number of nitrogens with zero attached hydrogens (tertiary/aromatic N) is 1. The van der Waals surface area contributed by atoms with Gasteiger partial charge in [-0.3, -0.25) is 0 Å². The number of carbonyl (C=O) groups is 2. The van der Waals surface area contributed by atoms with Crippen molar-refractivity contribution >= 4 is 23.9 Å². The number of hydrogen-bond donors (Lipinski definition) is 0. The lowest BCUT2D eigenvalue weighted by atomic mass is 10.1. The Labute approximate surface area is 165 Å². The van der Waals surface area contributed by atoms with E-state index in [1.54, 1.807) is 61.7 Å². The third-order valence-electron chi connectivity index (χ3n) is 4.09. The summed E-state index contributed by atoms with van der Waals surface area (Å²) < 4.78 is 20.8. The van der Waals surface area contributed by atoms with Crippen LogP contribution < -0.4 is 9.47 Å². The molecule has 1 aliphatic rings. The molecule has 7 nitrogen and oxygen atoms in total. The van der Waals surface area contributed by atoms with Gasteiger partial charge in [0.25, 0.3) is 0 Å². The highest BCUT2D eigenvalue weighted by Crippen LogP contribution is 2.26. The van der Waals surface area contributed by atoms with E-state index in [-0.39, 0.29) is 23.1 Å². The fraction of sp³-hybridized carbons (Fsp3) is 0.0455. The minimum Gasteiger partial charge on any atom is -0.497 e. The highest BCUT2D eigenvalue weighted by atomic mass is 16.6. The molecule has 0 N–H and O–H groups in total. The van der Waals surface area contributed by atoms with Crippen molar-refractivity contribution in [2.75, 3.05) is 7.11 Å². The molecule has 29 heavy (non-hydrogen) atoms. The van der Waals surface area contributed by atoms with Crippen LogP contribution in [0.5, 0.6) is 11.5 Å². The van der Waals surface area contributed by atoms with E-state index in [9.17, 15) is 9.59 Å². The van der Waals surface area contributed by atoms with E-state index in [4.69, 9.17) is 18.6 Å². The van der Waals surface area contributed by atoms with Crippen LogP contribution in [-0.2, 0) is 9.53 Å². The van der Waals surface area contributed by atoms with Crippen LogP contribution >= 0.6 is 0 Å². The van der Waals surface area contributed by atoms with E-state index < -0.39 is 11.9 Å². The Kier molecular flexibility index (Phi) is 4.94. The smallest absolute Gasteiger partial charge is 0.379 e. The van der Waals surface area contributed by atoms with Crippen molar-refractivity contribution in [2.45, 2.75) is 0 Å². The zero-order chi connectivity index (χ0) is 20.2. The molecular weight excluding hydrogens is 374 g/mol. The molecule has 2 aromatic carbocycles. The lowest BCUT2D eigenvalue weighted by Gasteiger charge is -2.06. The van der Waals surface area contributed by atoms with Crippen LogP contribution in [0.15, 0.2) is 82.0 Å². The van der Waals surface area contributed by atoms with Gasteiger partial charge >= 0.3 is 11.9 Å². The number of aliphatic imine (C=N–C) groups is 1. The van der Waals surface area contributed by atoms with Crippen molar-refractivity contribution in [3.8, 4) is 11.5 Å². The summed E-state index contributed by atoms with van der Waals surface area (Å²) in [5.74, 6) is -0.0224. The van der Waals surface area contributed by atoms with E-state index in [2.05, 4.69) is 4.99 Å². The number of methoxy groups -OCH3 is 1. The Hall–Kier alpha value is -4.13. The van der Waals surface area contributed by atoms with Gasteiger partial charge in [0.2, 0.25) is 11.7 Å². The van der Waals surface area contributed by atoms with Crippen LogP contribution in [0.4, 0.5) is 0 Å². The van der Waals surface area contributed by atoms with Gasteiger partial charge in [0, 0.05) is 11.1 Å². The molecule has 0 saturated carbocycles. The SMILES string of the molecule is COc1ccc(C2=N/C(=C/c3ccccc3OC(=O)c3ccco3)C(=O)O2)cc1. The monoisotopic (exact) mass is 389 g/mol. The molecule has 2 heterocycles. The van der Waals surface area contributed by atoms with E-state index in [0.29, 0.717) is 16.9 Å². The highest BCUT2D eigenvalue weighted by molar-refractivity contribution is 6.13. The van der Waals surface area contributed by atoms with Crippen LogP contribution in [0.3, 0.4) is 0 Å². The van der Waals surface area contributed by atoms with E-state index in [1.807, 2.05) is 0 Å². The van der Waals surface area contributed by atoms with Crippen LogP contribution in [0.1, 0.15) is 21.7 Å². The first-order valence-electron chi connectivity index (χ1n) is 8.66. The molecule has 144 valence electrons. The second-order valence-corrected chi connectivity index (χ2v) is 5.97. The van der Waals surface area contributed by atoms with Gasteiger partial charge in [0.15, 0.2) is 5.70 Å². The standard InChI is InChI=1S/C22H15NO6/c1-26-16-10-8-14(9-11-16)20-23-17(21(24)29-20)13-15-5-2-3-6-18(15)28-22(25)19-7-4-12-27-19/h2-13H,1H3/b17-13+. The molecule has 0 spiro atoms. The average Bonchev–Trinajstić information content (AvgIpc) is 3.40. The lowest BCUT2D eigenvalue weighted by molar-refractivity contribution is -0.129. The summed E-state index contributed by atoms with van der Waals surface area (Å²) in [6.07, 6.45) is 2.89. The number of esters is 2. The van der Waals surface area contributed by atoms with Crippen LogP contribution in [-0.4, -0.2) is 24.9 Å². The third kappa shape index (κ3) is 3.93. The average molecular weight is 389 g/mol. The van der Waals surface area contributed by atoms with Gasteiger partial charge in [-0.25, -0.2) is 14.6 Å². The Morgan fingerprint density at radius 3 is 2.55 bits per heavy atom. The number of para-hydroxylation sites is 1. The number of furan rings is 1. The van der Waals surface area contributed by atoms with Crippen molar-refractivity contribution in [3.05, 3.63) is 89.5 Å².